The molecular weight excluding hydrogens is 214 g/mol. The quantitative estimate of drug-likeness (QED) is 0.828. The van der Waals surface area contributed by atoms with Gasteiger partial charge in [0, 0.05) is 35.5 Å². The van der Waals surface area contributed by atoms with E-state index in [-0.39, 0.29) is 17.6 Å². The normalized spacial score (nSPS) is 18.1. The Morgan fingerprint density at radius 2 is 1.88 bits per heavy atom. The number of nitrogens with one attached hydrogen (secondary N) is 1. The Morgan fingerprint density at radius 1 is 1.29 bits per heavy atom. The minimum absolute atomic E-state index is 0.00519. The lowest BCUT2D eigenvalue weighted by atomic mass is 9.96. The molecule has 94 valence electrons. The average molecular weight is 235 g/mol. The number of hydrogen-bond acceptors (Lipinski definition) is 4. The highest BCUT2D eigenvalue weighted by Crippen LogP contribution is 2.34. The van der Waals surface area contributed by atoms with Gasteiger partial charge in [-0.05, 0) is 12.8 Å². The lowest BCUT2D eigenvalue weighted by molar-refractivity contribution is 0.229. The van der Waals surface area contributed by atoms with Crippen molar-refractivity contribution < 1.29 is 5.11 Å². The van der Waals surface area contributed by atoms with Crippen molar-refractivity contribution in [2.24, 2.45) is 0 Å². The van der Waals surface area contributed by atoms with Gasteiger partial charge in [-0.1, -0.05) is 20.8 Å². The summed E-state index contributed by atoms with van der Waals surface area (Å²) in [6, 6.07) is 0. The van der Waals surface area contributed by atoms with Gasteiger partial charge in [0.05, 0.1) is 6.61 Å². The Kier molecular flexibility index (Phi) is 3.19. The molecule has 0 unspecified atom stereocenters. The summed E-state index contributed by atoms with van der Waals surface area (Å²) < 4.78 is 0. The molecule has 0 bridgehead atoms. The number of aliphatic hydroxyl groups excluding tert-OH is 1. The van der Waals surface area contributed by atoms with Crippen molar-refractivity contribution in [1.82, 2.24) is 15.3 Å². The van der Waals surface area contributed by atoms with Crippen LogP contribution in [0.25, 0.3) is 0 Å². The fraction of sp³-hybridized carbons (Fsp3) is 0.692. The molecule has 0 spiro atoms. The van der Waals surface area contributed by atoms with E-state index in [0.29, 0.717) is 0 Å². The number of rotatable bonds is 4. The second kappa shape index (κ2) is 4.35. The third-order valence-electron chi connectivity index (χ3n) is 3.20. The SMILES string of the molecule is CC(C)(C)c1ncc(CNC2(CO)CC2)cn1. The summed E-state index contributed by atoms with van der Waals surface area (Å²) >= 11 is 0. The molecule has 1 fully saturated rings. The van der Waals surface area contributed by atoms with Gasteiger partial charge in [0.1, 0.15) is 5.82 Å². The first-order valence-electron chi connectivity index (χ1n) is 6.12. The largest absolute Gasteiger partial charge is 0.394 e. The van der Waals surface area contributed by atoms with Crippen molar-refractivity contribution in [2.45, 2.75) is 51.1 Å². The van der Waals surface area contributed by atoms with Crippen LogP contribution in [-0.4, -0.2) is 27.2 Å². The van der Waals surface area contributed by atoms with Crippen molar-refractivity contribution in [2.75, 3.05) is 6.61 Å². The van der Waals surface area contributed by atoms with Crippen LogP contribution in [-0.2, 0) is 12.0 Å². The molecule has 0 atom stereocenters. The van der Waals surface area contributed by atoms with Crippen LogP contribution in [0, 0.1) is 0 Å². The minimum atomic E-state index is -0.0251. The van der Waals surface area contributed by atoms with Crippen LogP contribution < -0.4 is 5.32 Å². The van der Waals surface area contributed by atoms with Crippen molar-refractivity contribution >= 4 is 0 Å². The maximum atomic E-state index is 9.19. The first-order valence-corrected chi connectivity index (χ1v) is 6.12. The van der Waals surface area contributed by atoms with Gasteiger partial charge < -0.3 is 10.4 Å². The molecule has 4 heteroatoms. The number of nitrogens with zero attached hydrogens (tertiary/aromatic N) is 2. The summed E-state index contributed by atoms with van der Waals surface area (Å²) in [6.45, 7) is 7.25. The van der Waals surface area contributed by atoms with Gasteiger partial charge in [0.2, 0.25) is 0 Å². The van der Waals surface area contributed by atoms with Gasteiger partial charge in [-0.25, -0.2) is 9.97 Å². The van der Waals surface area contributed by atoms with Crippen LogP contribution in [0.1, 0.15) is 45.0 Å². The first kappa shape index (κ1) is 12.5. The average Bonchev–Trinajstić information content (AvgIpc) is 3.06. The summed E-state index contributed by atoms with van der Waals surface area (Å²) in [7, 11) is 0. The van der Waals surface area contributed by atoms with Crippen molar-refractivity contribution in [3.8, 4) is 0 Å². The van der Waals surface area contributed by atoms with Gasteiger partial charge >= 0.3 is 0 Å². The second-order valence-corrected chi connectivity index (χ2v) is 5.96. The van der Waals surface area contributed by atoms with Crippen LogP contribution in [0.3, 0.4) is 0 Å². The lowest BCUT2D eigenvalue weighted by Gasteiger charge is -2.17. The fourth-order valence-corrected chi connectivity index (χ4v) is 1.66. The topological polar surface area (TPSA) is 58.0 Å². The molecule has 2 rings (SSSR count). The minimum Gasteiger partial charge on any atom is -0.394 e. The summed E-state index contributed by atoms with van der Waals surface area (Å²) in [5, 5.41) is 12.6. The zero-order chi connectivity index (χ0) is 12.5. The van der Waals surface area contributed by atoms with Crippen molar-refractivity contribution in [3.63, 3.8) is 0 Å². The molecule has 1 aromatic heterocycles. The standard InChI is InChI=1S/C13H21N3O/c1-12(2,3)11-14-6-10(7-15-11)8-16-13(9-17)4-5-13/h6-7,16-17H,4-5,8-9H2,1-3H3. The van der Waals surface area contributed by atoms with Crippen LogP contribution >= 0.6 is 0 Å². The smallest absolute Gasteiger partial charge is 0.133 e. The van der Waals surface area contributed by atoms with Crippen LogP contribution in [0.4, 0.5) is 0 Å². The maximum absolute atomic E-state index is 9.19. The molecule has 0 radical (unpaired) electrons. The summed E-state index contributed by atoms with van der Waals surface area (Å²) in [5.41, 5.74) is 1.04. The molecule has 1 heterocycles. The van der Waals surface area contributed by atoms with Crippen LogP contribution in [0.5, 0.6) is 0 Å². The number of aromatic nitrogens is 2. The highest BCUT2D eigenvalue weighted by Gasteiger charge is 2.41. The Morgan fingerprint density at radius 3 is 2.29 bits per heavy atom. The maximum Gasteiger partial charge on any atom is 0.133 e. The van der Waals surface area contributed by atoms with Crippen LogP contribution in [0.15, 0.2) is 12.4 Å². The van der Waals surface area contributed by atoms with Gasteiger partial charge in [0.15, 0.2) is 0 Å². The van der Waals surface area contributed by atoms with E-state index in [1.165, 1.54) is 0 Å². The summed E-state index contributed by atoms with van der Waals surface area (Å²) in [4.78, 5) is 8.77. The molecule has 0 saturated heterocycles. The molecule has 1 aliphatic carbocycles. The van der Waals surface area contributed by atoms with E-state index in [9.17, 15) is 5.11 Å². The number of aliphatic hydroxyl groups is 1. The van der Waals surface area contributed by atoms with Crippen LogP contribution in [0.2, 0.25) is 0 Å². The molecule has 17 heavy (non-hydrogen) atoms. The molecular formula is C13H21N3O. The third kappa shape index (κ3) is 3.01. The molecule has 1 aromatic rings. The van der Waals surface area contributed by atoms with E-state index in [4.69, 9.17) is 0 Å². The lowest BCUT2D eigenvalue weighted by Crippen LogP contribution is -2.34. The van der Waals surface area contributed by atoms with E-state index in [2.05, 4.69) is 36.1 Å². The summed E-state index contributed by atoms with van der Waals surface area (Å²) in [5.74, 6) is 0.865. The monoisotopic (exact) mass is 235 g/mol. The van der Waals surface area contributed by atoms with E-state index in [1.807, 2.05) is 12.4 Å². The van der Waals surface area contributed by atoms with E-state index < -0.39 is 0 Å². The fourth-order valence-electron chi connectivity index (χ4n) is 1.66. The molecule has 4 nitrogen and oxygen atoms in total. The Labute approximate surface area is 102 Å². The van der Waals surface area contributed by atoms with Crippen molar-refractivity contribution in [3.05, 3.63) is 23.8 Å². The van der Waals surface area contributed by atoms with Gasteiger partial charge in [-0.2, -0.15) is 0 Å². The zero-order valence-electron chi connectivity index (χ0n) is 10.8. The molecule has 1 saturated carbocycles. The number of hydrogen-bond donors (Lipinski definition) is 2. The predicted octanol–water partition coefficient (Wildman–Crippen LogP) is 1.39. The predicted molar refractivity (Wildman–Crippen MR) is 66.6 cm³/mol. The van der Waals surface area contributed by atoms with E-state index in [1.54, 1.807) is 0 Å². The first-order chi connectivity index (χ1) is 7.95. The van der Waals surface area contributed by atoms with Gasteiger partial charge in [-0.3, -0.25) is 0 Å². The zero-order valence-corrected chi connectivity index (χ0v) is 10.8. The molecule has 0 aliphatic heterocycles. The Hall–Kier alpha value is -1.00. The molecule has 1 aliphatic rings. The highest BCUT2D eigenvalue weighted by molar-refractivity contribution is 5.11. The summed E-state index contributed by atoms with van der Waals surface area (Å²) in [6.07, 6.45) is 5.86. The van der Waals surface area contributed by atoms with Gasteiger partial charge in [0.25, 0.3) is 0 Å². The second-order valence-electron chi connectivity index (χ2n) is 5.96. The van der Waals surface area contributed by atoms with E-state index >= 15 is 0 Å². The Bertz CT molecular complexity index is 377. The van der Waals surface area contributed by atoms with Gasteiger partial charge in [-0.15, -0.1) is 0 Å². The molecule has 2 N–H and O–H groups in total. The highest BCUT2D eigenvalue weighted by atomic mass is 16.3. The van der Waals surface area contributed by atoms with E-state index in [0.717, 1.165) is 30.8 Å². The Balaban J connectivity index is 1.94. The third-order valence-corrected chi connectivity index (χ3v) is 3.20. The molecule has 0 aromatic carbocycles. The van der Waals surface area contributed by atoms with Crippen molar-refractivity contribution in [1.29, 1.82) is 0 Å². The molecule has 0 amide bonds.